The molecule has 0 atom stereocenters. The number of hydrogen-bond acceptors (Lipinski definition) is 2. The fourth-order valence-electron chi connectivity index (χ4n) is 1.51. The molecule has 0 aromatic carbocycles. The summed E-state index contributed by atoms with van der Waals surface area (Å²) in [6, 6.07) is 0. The Kier molecular flexibility index (Phi) is 3.68. The van der Waals surface area contributed by atoms with E-state index in [2.05, 4.69) is 9.89 Å². The molecule has 78 valence electrons. The minimum absolute atomic E-state index is 0.117. The van der Waals surface area contributed by atoms with Crippen molar-refractivity contribution >= 4 is 11.7 Å². The first-order valence-electron chi connectivity index (χ1n) is 4.79. The number of rotatable bonds is 1. The molecule has 0 N–H and O–H groups in total. The molecule has 0 aliphatic carbocycles. The van der Waals surface area contributed by atoms with Gasteiger partial charge in [-0.05, 0) is 6.92 Å². The minimum Gasteiger partial charge on any atom is -0.334 e. The van der Waals surface area contributed by atoms with E-state index >= 15 is 0 Å². The Morgan fingerprint density at radius 3 is 2.71 bits per heavy atom. The molecule has 0 spiro atoms. The first-order valence-corrected chi connectivity index (χ1v) is 4.79. The number of amides is 1. The van der Waals surface area contributed by atoms with E-state index < -0.39 is 0 Å². The van der Waals surface area contributed by atoms with E-state index in [4.69, 9.17) is 0 Å². The van der Waals surface area contributed by atoms with Crippen LogP contribution in [0, 0.1) is 0 Å². The van der Waals surface area contributed by atoms with Crippen LogP contribution in [0.25, 0.3) is 0 Å². The van der Waals surface area contributed by atoms with Gasteiger partial charge in [0.25, 0.3) is 0 Å². The zero-order valence-corrected chi connectivity index (χ0v) is 9.03. The molecule has 0 aromatic heterocycles. The molecule has 1 aliphatic heterocycles. The van der Waals surface area contributed by atoms with Crippen LogP contribution in [0.5, 0.6) is 0 Å². The summed E-state index contributed by atoms with van der Waals surface area (Å²) < 4.78 is 0. The van der Waals surface area contributed by atoms with Gasteiger partial charge in [0.05, 0.1) is 6.54 Å². The van der Waals surface area contributed by atoms with E-state index in [1.54, 1.807) is 14.0 Å². The summed E-state index contributed by atoms with van der Waals surface area (Å²) in [7, 11) is 1.76. The van der Waals surface area contributed by atoms with Gasteiger partial charge in [-0.3, -0.25) is 9.79 Å². The second kappa shape index (κ2) is 4.79. The minimum atomic E-state index is 0.117. The molecular weight excluding hydrogens is 178 g/mol. The van der Waals surface area contributed by atoms with Gasteiger partial charge in [-0.25, -0.2) is 0 Å². The average Bonchev–Trinajstić information content (AvgIpc) is 2.18. The molecule has 1 amide bonds. The highest BCUT2D eigenvalue weighted by atomic mass is 16.2. The molecule has 0 unspecified atom stereocenters. The molecule has 0 aromatic rings. The van der Waals surface area contributed by atoms with E-state index in [9.17, 15) is 4.79 Å². The van der Waals surface area contributed by atoms with E-state index in [0.29, 0.717) is 6.54 Å². The van der Waals surface area contributed by atoms with Crippen molar-refractivity contribution in [2.45, 2.75) is 13.8 Å². The Labute approximate surface area is 84.9 Å². The molecule has 14 heavy (non-hydrogen) atoms. The van der Waals surface area contributed by atoms with Crippen molar-refractivity contribution in [3.05, 3.63) is 12.3 Å². The predicted molar refractivity (Wildman–Crippen MR) is 57.1 cm³/mol. The van der Waals surface area contributed by atoms with Crippen molar-refractivity contribution in [3.63, 3.8) is 0 Å². The Bertz CT molecular complexity index is 271. The normalized spacial score (nSPS) is 20.9. The summed E-state index contributed by atoms with van der Waals surface area (Å²) in [5.74, 6) is 1.07. The number of amidine groups is 1. The summed E-state index contributed by atoms with van der Waals surface area (Å²) in [5.41, 5.74) is 0. The number of aliphatic imine (C=N–C) groups is 1. The van der Waals surface area contributed by atoms with E-state index in [1.165, 1.54) is 0 Å². The van der Waals surface area contributed by atoms with Crippen molar-refractivity contribution in [1.29, 1.82) is 0 Å². The highest BCUT2D eigenvalue weighted by Crippen LogP contribution is 2.05. The predicted octanol–water partition coefficient (Wildman–Crippen LogP) is 0.712. The third kappa shape index (κ3) is 2.34. The summed E-state index contributed by atoms with van der Waals surface area (Å²) >= 11 is 0. The van der Waals surface area contributed by atoms with Crippen molar-refractivity contribution in [2.24, 2.45) is 4.99 Å². The second-order valence-electron chi connectivity index (χ2n) is 3.26. The lowest BCUT2D eigenvalue weighted by Crippen LogP contribution is -2.49. The number of piperazine rings is 1. The molecule has 1 rings (SSSR count). The average molecular weight is 195 g/mol. The van der Waals surface area contributed by atoms with Crippen LogP contribution in [0.1, 0.15) is 13.8 Å². The Morgan fingerprint density at radius 1 is 1.50 bits per heavy atom. The SMILES string of the molecule is C/C=C\N1CCN(C(C)=O)CC1=NC. The van der Waals surface area contributed by atoms with Gasteiger partial charge in [0.15, 0.2) is 0 Å². The zero-order valence-electron chi connectivity index (χ0n) is 9.03. The molecule has 4 heteroatoms. The highest BCUT2D eigenvalue weighted by molar-refractivity contribution is 5.89. The maximum atomic E-state index is 11.2. The molecule has 1 aliphatic rings. The van der Waals surface area contributed by atoms with Gasteiger partial charge >= 0.3 is 0 Å². The number of nitrogens with zero attached hydrogens (tertiary/aromatic N) is 3. The van der Waals surface area contributed by atoms with Crippen LogP contribution in [0.4, 0.5) is 0 Å². The van der Waals surface area contributed by atoms with Crippen molar-refractivity contribution in [3.8, 4) is 0 Å². The maximum absolute atomic E-state index is 11.2. The summed E-state index contributed by atoms with van der Waals surface area (Å²) in [6.07, 6.45) is 3.98. The smallest absolute Gasteiger partial charge is 0.219 e. The van der Waals surface area contributed by atoms with Crippen LogP contribution in [0.15, 0.2) is 17.3 Å². The van der Waals surface area contributed by atoms with Gasteiger partial charge < -0.3 is 9.80 Å². The van der Waals surface area contributed by atoms with Crippen LogP contribution in [0.2, 0.25) is 0 Å². The lowest BCUT2D eigenvalue weighted by atomic mass is 10.3. The molecule has 0 bridgehead atoms. The Morgan fingerprint density at radius 2 is 2.21 bits per heavy atom. The number of carbonyl (C=O) groups is 1. The quantitative estimate of drug-likeness (QED) is 0.618. The lowest BCUT2D eigenvalue weighted by Gasteiger charge is -2.34. The second-order valence-corrected chi connectivity index (χ2v) is 3.26. The van der Waals surface area contributed by atoms with E-state index in [0.717, 1.165) is 18.9 Å². The van der Waals surface area contributed by atoms with Crippen molar-refractivity contribution in [2.75, 3.05) is 26.7 Å². The topological polar surface area (TPSA) is 35.9 Å². The van der Waals surface area contributed by atoms with Gasteiger partial charge in [0.2, 0.25) is 5.91 Å². The standard InChI is InChI=1S/C10H17N3O/c1-4-5-12-6-7-13(9(2)14)8-10(12)11-3/h4-5H,6-8H2,1-3H3/b5-4-,11-10?. The van der Waals surface area contributed by atoms with Gasteiger partial charge in [-0.1, -0.05) is 6.08 Å². The fraction of sp³-hybridized carbons (Fsp3) is 0.600. The number of allylic oxidation sites excluding steroid dienone is 1. The first kappa shape index (κ1) is 10.8. The Hall–Kier alpha value is -1.32. The molecule has 1 saturated heterocycles. The maximum Gasteiger partial charge on any atom is 0.219 e. The fourth-order valence-corrected chi connectivity index (χ4v) is 1.51. The molecule has 4 nitrogen and oxygen atoms in total. The van der Waals surface area contributed by atoms with Crippen molar-refractivity contribution in [1.82, 2.24) is 9.80 Å². The van der Waals surface area contributed by atoms with E-state index in [1.807, 2.05) is 24.1 Å². The third-order valence-corrected chi connectivity index (χ3v) is 2.31. The zero-order chi connectivity index (χ0) is 10.6. The first-order chi connectivity index (χ1) is 6.69. The molecule has 0 radical (unpaired) electrons. The van der Waals surface area contributed by atoms with Crippen LogP contribution in [-0.2, 0) is 4.79 Å². The Balaban J connectivity index is 2.69. The van der Waals surface area contributed by atoms with Gasteiger partial charge in [-0.15, -0.1) is 0 Å². The molecule has 1 fully saturated rings. The van der Waals surface area contributed by atoms with Crippen LogP contribution < -0.4 is 0 Å². The van der Waals surface area contributed by atoms with Crippen LogP contribution in [0.3, 0.4) is 0 Å². The van der Waals surface area contributed by atoms with Crippen LogP contribution >= 0.6 is 0 Å². The van der Waals surface area contributed by atoms with Gasteiger partial charge in [-0.2, -0.15) is 0 Å². The monoisotopic (exact) mass is 195 g/mol. The molecular formula is C10H17N3O. The number of hydrogen-bond donors (Lipinski definition) is 0. The molecule has 1 heterocycles. The summed E-state index contributed by atoms with van der Waals surface area (Å²) in [5, 5.41) is 0. The van der Waals surface area contributed by atoms with Gasteiger partial charge in [0, 0.05) is 33.3 Å². The number of carbonyl (C=O) groups excluding carboxylic acids is 1. The largest absolute Gasteiger partial charge is 0.334 e. The highest BCUT2D eigenvalue weighted by Gasteiger charge is 2.21. The molecule has 0 saturated carbocycles. The third-order valence-electron chi connectivity index (χ3n) is 2.31. The van der Waals surface area contributed by atoms with E-state index in [-0.39, 0.29) is 5.91 Å². The summed E-state index contributed by atoms with van der Waals surface area (Å²) in [4.78, 5) is 19.2. The lowest BCUT2D eigenvalue weighted by molar-refractivity contribution is -0.128. The van der Waals surface area contributed by atoms with Gasteiger partial charge in [0.1, 0.15) is 5.84 Å². The van der Waals surface area contributed by atoms with Crippen LogP contribution in [-0.4, -0.2) is 48.2 Å². The van der Waals surface area contributed by atoms with Crippen molar-refractivity contribution < 1.29 is 4.79 Å². The summed E-state index contributed by atoms with van der Waals surface area (Å²) in [6.45, 7) is 5.80.